The highest BCUT2D eigenvalue weighted by Gasteiger charge is 2.43. The van der Waals surface area contributed by atoms with E-state index in [9.17, 15) is 9.70 Å². The lowest BCUT2D eigenvalue weighted by Crippen LogP contribution is -2.32. The molecule has 1 N–H and O–H groups in total. The van der Waals surface area contributed by atoms with Crippen LogP contribution in [0.1, 0.15) is 32.3 Å². The van der Waals surface area contributed by atoms with E-state index >= 15 is 0 Å². The molecule has 0 bridgehead atoms. The lowest BCUT2D eigenvalue weighted by atomic mass is 9.77. The van der Waals surface area contributed by atoms with Gasteiger partial charge in [0.15, 0.2) is 0 Å². The first-order chi connectivity index (χ1) is 7.67. The second-order valence-corrected chi connectivity index (χ2v) is 4.06. The first kappa shape index (κ1) is 10.8. The highest BCUT2D eigenvalue weighted by molar-refractivity contribution is 6.06. The summed E-state index contributed by atoms with van der Waals surface area (Å²) < 4.78 is 0. The van der Waals surface area contributed by atoms with Gasteiger partial charge >= 0.3 is 0 Å². The van der Waals surface area contributed by atoms with Gasteiger partial charge in [-0.25, -0.2) is 0 Å². The van der Waals surface area contributed by atoms with Gasteiger partial charge in [0.25, 0.3) is 0 Å². The third-order valence-corrected chi connectivity index (χ3v) is 3.51. The van der Waals surface area contributed by atoms with Crippen molar-refractivity contribution in [3.63, 3.8) is 0 Å². The highest BCUT2D eigenvalue weighted by Crippen LogP contribution is 2.43. The molecule has 0 spiro atoms. The smallest absolute Gasteiger partial charge is 0.235 e. The molecular formula is C12H14N2O2. The van der Waals surface area contributed by atoms with Gasteiger partial charge in [-0.15, -0.1) is 4.91 Å². The number of rotatable bonds is 3. The van der Waals surface area contributed by atoms with Gasteiger partial charge < -0.3 is 5.32 Å². The minimum Gasteiger partial charge on any atom is -0.325 e. The molecule has 1 aliphatic rings. The molecule has 0 saturated heterocycles. The Balaban J connectivity index is 2.61. The number of fused-ring (bicyclic) bond motifs is 1. The summed E-state index contributed by atoms with van der Waals surface area (Å²) >= 11 is 0. The van der Waals surface area contributed by atoms with Gasteiger partial charge in [0, 0.05) is 5.69 Å². The predicted molar refractivity (Wildman–Crippen MR) is 62.8 cm³/mol. The molecule has 1 aliphatic heterocycles. The van der Waals surface area contributed by atoms with E-state index in [1.807, 2.05) is 13.8 Å². The van der Waals surface area contributed by atoms with Crippen molar-refractivity contribution in [1.82, 2.24) is 0 Å². The summed E-state index contributed by atoms with van der Waals surface area (Å²) in [6.45, 7) is 3.97. The Bertz CT molecular complexity index is 450. The van der Waals surface area contributed by atoms with Gasteiger partial charge in [0.05, 0.1) is 5.41 Å². The molecular weight excluding hydrogens is 204 g/mol. The predicted octanol–water partition coefficient (Wildman–Crippen LogP) is 3.09. The van der Waals surface area contributed by atoms with Crippen LogP contribution in [-0.4, -0.2) is 5.91 Å². The number of nitrogens with zero attached hydrogens (tertiary/aromatic N) is 1. The Morgan fingerprint density at radius 2 is 2.00 bits per heavy atom. The quantitative estimate of drug-likeness (QED) is 0.792. The molecule has 1 aromatic rings. The number of amides is 1. The van der Waals surface area contributed by atoms with Crippen LogP contribution < -0.4 is 5.32 Å². The van der Waals surface area contributed by atoms with Gasteiger partial charge in [-0.2, -0.15) is 0 Å². The topological polar surface area (TPSA) is 58.5 Å². The van der Waals surface area contributed by atoms with Crippen molar-refractivity contribution in [2.75, 3.05) is 5.32 Å². The fraction of sp³-hybridized carbons (Fsp3) is 0.417. The van der Waals surface area contributed by atoms with E-state index in [0.717, 1.165) is 24.1 Å². The van der Waals surface area contributed by atoms with Crippen molar-refractivity contribution < 1.29 is 4.79 Å². The molecule has 4 heteroatoms. The number of hydrogen-bond acceptors (Lipinski definition) is 3. The molecule has 1 aromatic carbocycles. The minimum atomic E-state index is -0.490. The average molecular weight is 218 g/mol. The molecule has 1 amide bonds. The van der Waals surface area contributed by atoms with Crippen LogP contribution >= 0.6 is 0 Å². The third-order valence-electron chi connectivity index (χ3n) is 3.51. The molecule has 1 heterocycles. The van der Waals surface area contributed by atoms with Gasteiger partial charge in [0.1, 0.15) is 5.69 Å². The minimum absolute atomic E-state index is 0.0237. The van der Waals surface area contributed by atoms with Gasteiger partial charge in [-0.3, -0.25) is 4.79 Å². The van der Waals surface area contributed by atoms with Crippen LogP contribution in [0.2, 0.25) is 0 Å². The van der Waals surface area contributed by atoms with Crippen molar-refractivity contribution in [3.8, 4) is 0 Å². The van der Waals surface area contributed by atoms with Crippen molar-refractivity contribution in [1.29, 1.82) is 0 Å². The zero-order valence-corrected chi connectivity index (χ0v) is 9.41. The van der Waals surface area contributed by atoms with Crippen molar-refractivity contribution in [2.24, 2.45) is 5.18 Å². The van der Waals surface area contributed by atoms with Crippen LogP contribution in [-0.2, 0) is 10.2 Å². The number of nitroso groups, excluding NO2 is 1. The second kappa shape index (κ2) is 3.70. The van der Waals surface area contributed by atoms with Crippen LogP contribution in [0.3, 0.4) is 0 Å². The van der Waals surface area contributed by atoms with Crippen molar-refractivity contribution >= 4 is 17.3 Å². The summed E-state index contributed by atoms with van der Waals surface area (Å²) in [5.74, 6) is 0.0237. The SMILES string of the molecule is CCC1(CC)C(=O)Nc2ccc(N=O)cc21. The molecule has 16 heavy (non-hydrogen) atoms. The van der Waals surface area contributed by atoms with E-state index in [0.29, 0.717) is 5.69 Å². The number of carbonyl (C=O) groups is 1. The zero-order chi connectivity index (χ0) is 11.8. The molecule has 0 aromatic heterocycles. The average Bonchev–Trinajstić information content (AvgIpc) is 2.60. The summed E-state index contributed by atoms with van der Waals surface area (Å²) in [5, 5.41) is 5.78. The van der Waals surface area contributed by atoms with Crippen LogP contribution in [0.25, 0.3) is 0 Å². The number of anilines is 1. The number of carbonyl (C=O) groups excluding carboxylic acids is 1. The van der Waals surface area contributed by atoms with E-state index in [-0.39, 0.29) is 5.91 Å². The Kier molecular flexibility index (Phi) is 2.50. The molecule has 0 atom stereocenters. The maximum absolute atomic E-state index is 12.0. The maximum atomic E-state index is 12.0. The molecule has 0 fully saturated rings. The van der Waals surface area contributed by atoms with E-state index in [1.165, 1.54) is 0 Å². The molecule has 0 radical (unpaired) electrons. The maximum Gasteiger partial charge on any atom is 0.235 e. The molecule has 0 saturated carbocycles. The first-order valence-corrected chi connectivity index (χ1v) is 5.47. The van der Waals surface area contributed by atoms with Crippen LogP contribution in [0.15, 0.2) is 23.4 Å². The summed E-state index contributed by atoms with van der Waals surface area (Å²) in [7, 11) is 0. The summed E-state index contributed by atoms with van der Waals surface area (Å²) in [5.41, 5.74) is 1.60. The Morgan fingerprint density at radius 1 is 1.31 bits per heavy atom. The van der Waals surface area contributed by atoms with E-state index in [4.69, 9.17) is 0 Å². The summed E-state index contributed by atoms with van der Waals surface area (Å²) in [6.07, 6.45) is 1.45. The van der Waals surface area contributed by atoms with Gasteiger partial charge in [-0.05, 0) is 41.8 Å². The fourth-order valence-electron chi connectivity index (χ4n) is 2.41. The summed E-state index contributed by atoms with van der Waals surface area (Å²) in [4.78, 5) is 22.5. The Morgan fingerprint density at radius 3 is 2.56 bits per heavy atom. The zero-order valence-electron chi connectivity index (χ0n) is 9.41. The van der Waals surface area contributed by atoms with Crippen LogP contribution in [0.4, 0.5) is 11.4 Å². The van der Waals surface area contributed by atoms with Crippen molar-refractivity contribution in [2.45, 2.75) is 32.1 Å². The lowest BCUT2D eigenvalue weighted by Gasteiger charge is -2.23. The monoisotopic (exact) mass is 218 g/mol. The second-order valence-electron chi connectivity index (χ2n) is 4.06. The van der Waals surface area contributed by atoms with E-state index in [1.54, 1.807) is 18.2 Å². The normalized spacial score (nSPS) is 16.8. The standard InChI is InChI=1S/C12H14N2O2/c1-3-12(4-2)9-7-8(14-16)5-6-10(9)13-11(12)15/h5-7H,3-4H2,1-2H3,(H,13,15). The highest BCUT2D eigenvalue weighted by atomic mass is 16.3. The fourth-order valence-corrected chi connectivity index (χ4v) is 2.41. The molecule has 84 valence electrons. The first-order valence-electron chi connectivity index (χ1n) is 5.47. The molecule has 0 unspecified atom stereocenters. The lowest BCUT2D eigenvalue weighted by molar-refractivity contribution is -0.121. The summed E-state index contributed by atoms with van der Waals surface area (Å²) in [6, 6.07) is 5.08. The number of benzene rings is 1. The van der Waals surface area contributed by atoms with E-state index in [2.05, 4.69) is 10.5 Å². The van der Waals surface area contributed by atoms with Crippen molar-refractivity contribution in [3.05, 3.63) is 28.7 Å². The van der Waals surface area contributed by atoms with Gasteiger partial charge in [0.2, 0.25) is 5.91 Å². The Hall–Kier alpha value is -1.71. The van der Waals surface area contributed by atoms with E-state index < -0.39 is 5.41 Å². The largest absolute Gasteiger partial charge is 0.325 e. The number of nitrogens with one attached hydrogen (secondary N) is 1. The number of hydrogen-bond donors (Lipinski definition) is 1. The third kappa shape index (κ3) is 1.26. The molecule has 0 aliphatic carbocycles. The molecule has 4 nitrogen and oxygen atoms in total. The molecule has 2 rings (SSSR count). The van der Waals surface area contributed by atoms with Crippen LogP contribution in [0.5, 0.6) is 0 Å². The van der Waals surface area contributed by atoms with Gasteiger partial charge in [-0.1, -0.05) is 13.8 Å². The van der Waals surface area contributed by atoms with Crippen LogP contribution in [0, 0.1) is 4.91 Å². The Labute approximate surface area is 94.0 Å².